The Morgan fingerprint density at radius 1 is 1.11 bits per heavy atom. The van der Waals surface area contributed by atoms with E-state index in [2.05, 4.69) is 37.9 Å². The second-order valence-corrected chi connectivity index (χ2v) is 7.06. The van der Waals surface area contributed by atoms with Crippen LogP contribution in [0.25, 0.3) is 0 Å². The summed E-state index contributed by atoms with van der Waals surface area (Å²) < 4.78 is 0. The number of likely N-dealkylation sites (tertiary alicyclic amines) is 1. The van der Waals surface area contributed by atoms with E-state index in [1.54, 1.807) is 0 Å². The molecule has 1 N–H and O–H groups in total. The second kappa shape index (κ2) is 8.97. The Labute approximate surface area is 121 Å². The largest absolute Gasteiger partial charge is 0.313 e. The monoisotopic (exact) mass is 268 g/mol. The molecule has 2 nitrogen and oxygen atoms in total. The Morgan fingerprint density at radius 3 is 2.58 bits per heavy atom. The molecule has 1 atom stereocenters. The smallest absolute Gasteiger partial charge is 0.00799 e. The molecular formula is C17H36N2. The summed E-state index contributed by atoms with van der Waals surface area (Å²) in [7, 11) is 0. The molecule has 0 aromatic rings. The summed E-state index contributed by atoms with van der Waals surface area (Å²) in [6, 6.07) is 0.752. The van der Waals surface area contributed by atoms with E-state index in [1.165, 1.54) is 71.1 Å². The van der Waals surface area contributed by atoms with E-state index in [9.17, 15) is 0 Å². The molecule has 0 saturated carbocycles. The summed E-state index contributed by atoms with van der Waals surface area (Å²) in [5, 5.41) is 3.85. The molecule has 0 radical (unpaired) electrons. The van der Waals surface area contributed by atoms with Gasteiger partial charge in [-0.15, -0.1) is 0 Å². The van der Waals surface area contributed by atoms with Gasteiger partial charge < -0.3 is 10.2 Å². The Hall–Kier alpha value is -0.0800. The quantitative estimate of drug-likeness (QED) is 0.668. The molecule has 0 aromatic carbocycles. The molecule has 0 spiro atoms. The second-order valence-electron chi connectivity index (χ2n) is 7.06. The van der Waals surface area contributed by atoms with Crippen LogP contribution in [-0.4, -0.2) is 37.1 Å². The fourth-order valence-electron chi connectivity index (χ4n) is 3.04. The van der Waals surface area contributed by atoms with Gasteiger partial charge in [-0.25, -0.2) is 0 Å². The molecule has 114 valence electrons. The van der Waals surface area contributed by atoms with Crippen molar-refractivity contribution in [2.75, 3.05) is 26.2 Å². The molecule has 1 heterocycles. The summed E-state index contributed by atoms with van der Waals surface area (Å²) in [5.41, 5.74) is 0.464. The highest BCUT2D eigenvalue weighted by atomic mass is 15.1. The number of nitrogens with one attached hydrogen (secondary N) is 1. The lowest BCUT2D eigenvalue weighted by atomic mass is 9.86. The normalized spacial score (nSPS) is 22.4. The minimum absolute atomic E-state index is 0.464. The van der Waals surface area contributed by atoms with Crippen molar-refractivity contribution in [2.45, 2.75) is 78.7 Å². The molecule has 0 aliphatic carbocycles. The minimum Gasteiger partial charge on any atom is -0.313 e. The highest BCUT2D eigenvalue weighted by Crippen LogP contribution is 2.23. The number of rotatable bonds is 8. The first-order valence-corrected chi connectivity index (χ1v) is 8.53. The van der Waals surface area contributed by atoms with Gasteiger partial charge in [-0.1, -0.05) is 47.0 Å². The van der Waals surface area contributed by atoms with Gasteiger partial charge in [0.25, 0.3) is 0 Å². The lowest BCUT2D eigenvalue weighted by Gasteiger charge is -2.28. The maximum Gasteiger partial charge on any atom is 0.00799 e. The highest BCUT2D eigenvalue weighted by molar-refractivity contribution is 4.78. The highest BCUT2D eigenvalue weighted by Gasteiger charge is 2.21. The third-order valence-electron chi connectivity index (χ3n) is 4.59. The first-order chi connectivity index (χ1) is 9.07. The molecule has 1 saturated heterocycles. The van der Waals surface area contributed by atoms with Crippen molar-refractivity contribution in [1.29, 1.82) is 0 Å². The zero-order valence-corrected chi connectivity index (χ0v) is 13.8. The molecule has 2 heteroatoms. The fourth-order valence-corrected chi connectivity index (χ4v) is 3.04. The van der Waals surface area contributed by atoms with E-state index >= 15 is 0 Å². The topological polar surface area (TPSA) is 15.3 Å². The molecule has 1 unspecified atom stereocenters. The van der Waals surface area contributed by atoms with E-state index in [0.717, 1.165) is 6.04 Å². The van der Waals surface area contributed by atoms with Gasteiger partial charge in [-0.05, 0) is 50.7 Å². The first-order valence-electron chi connectivity index (χ1n) is 8.53. The van der Waals surface area contributed by atoms with Crippen molar-refractivity contribution in [2.24, 2.45) is 5.41 Å². The van der Waals surface area contributed by atoms with Crippen LogP contribution < -0.4 is 5.32 Å². The van der Waals surface area contributed by atoms with Gasteiger partial charge in [0, 0.05) is 12.6 Å². The van der Waals surface area contributed by atoms with Crippen molar-refractivity contribution in [3.8, 4) is 0 Å². The fraction of sp³-hybridized carbons (Fsp3) is 1.00. The van der Waals surface area contributed by atoms with Crippen LogP contribution in [0.5, 0.6) is 0 Å². The molecular weight excluding hydrogens is 232 g/mol. The molecule has 1 aliphatic heterocycles. The summed E-state index contributed by atoms with van der Waals surface area (Å²) in [6.45, 7) is 14.4. The van der Waals surface area contributed by atoms with E-state index < -0.39 is 0 Å². The van der Waals surface area contributed by atoms with Crippen molar-refractivity contribution >= 4 is 0 Å². The average molecular weight is 268 g/mol. The molecule has 1 aliphatic rings. The number of nitrogens with zero attached hydrogens (tertiary/aromatic N) is 1. The Balaban J connectivity index is 2.23. The van der Waals surface area contributed by atoms with Gasteiger partial charge in [0.15, 0.2) is 0 Å². The van der Waals surface area contributed by atoms with Gasteiger partial charge in [0.05, 0.1) is 0 Å². The van der Waals surface area contributed by atoms with Crippen LogP contribution in [0.1, 0.15) is 72.6 Å². The Kier molecular flexibility index (Phi) is 8.01. The summed E-state index contributed by atoms with van der Waals surface area (Å²) in [5.74, 6) is 0. The van der Waals surface area contributed by atoms with Gasteiger partial charge >= 0.3 is 0 Å². The predicted octanol–water partition coefficient (Wildman–Crippen LogP) is 4.06. The van der Waals surface area contributed by atoms with Crippen molar-refractivity contribution in [3.63, 3.8) is 0 Å². The van der Waals surface area contributed by atoms with Crippen molar-refractivity contribution in [3.05, 3.63) is 0 Å². The third kappa shape index (κ3) is 7.31. The van der Waals surface area contributed by atoms with E-state index in [-0.39, 0.29) is 0 Å². The van der Waals surface area contributed by atoms with Crippen LogP contribution in [0.2, 0.25) is 0 Å². The molecule has 0 amide bonds. The summed E-state index contributed by atoms with van der Waals surface area (Å²) >= 11 is 0. The van der Waals surface area contributed by atoms with Gasteiger partial charge in [-0.2, -0.15) is 0 Å². The van der Waals surface area contributed by atoms with Gasteiger partial charge in [-0.3, -0.25) is 0 Å². The Morgan fingerprint density at radius 2 is 1.89 bits per heavy atom. The van der Waals surface area contributed by atoms with E-state index in [1.807, 2.05) is 0 Å². The standard InChI is InChI=1S/C17H36N2/c1-5-7-8-12-17(3,4)15-18-16-10-9-13-19(6-2)14-11-16/h16,18H,5-15H2,1-4H3. The predicted molar refractivity (Wildman–Crippen MR) is 85.7 cm³/mol. The molecule has 0 bridgehead atoms. The maximum absolute atomic E-state index is 3.85. The molecule has 1 fully saturated rings. The number of hydrogen-bond donors (Lipinski definition) is 1. The summed E-state index contributed by atoms with van der Waals surface area (Å²) in [6.07, 6.45) is 9.53. The SMILES string of the molecule is CCCCCC(C)(C)CNC1CCCN(CC)CC1. The number of unbranched alkanes of at least 4 members (excludes halogenated alkanes) is 2. The van der Waals surface area contributed by atoms with Crippen LogP contribution in [0, 0.1) is 5.41 Å². The van der Waals surface area contributed by atoms with Crippen LogP contribution in [-0.2, 0) is 0 Å². The molecule has 19 heavy (non-hydrogen) atoms. The lowest BCUT2D eigenvalue weighted by molar-refractivity contribution is 0.272. The summed E-state index contributed by atoms with van der Waals surface area (Å²) in [4.78, 5) is 2.59. The van der Waals surface area contributed by atoms with Crippen LogP contribution in [0.15, 0.2) is 0 Å². The molecule has 1 rings (SSSR count). The van der Waals surface area contributed by atoms with Gasteiger partial charge in [0.1, 0.15) is 0 Å². The average Bonchev–Trinajstić information content (AvgIpc) is 2.61. The molecule has 0 aromatic heterocycles. The van der Waals surface area contributed by atoms with Crippen LogP contribution >= 0.6 is 0 Å². The Bertz CT molecular complexity index is 225. The van der Waals surface area contributed by atoms with Crippen molar-refractivity contribution in [1.82, 2.24) is 10.2 Å². The van der Waals surface area contributed by atoms with E-state index in [0.29, 0.717) is 5.41 Å². The van der Waals surface area contributed by atoms with Crippen LogP contribution in [0.4, 0.5) is 0 Å². The van der Waals surface area contributed by atoms with Gasteiger partial charge in [0.2, 0.25) is 0 Å². The van der Waals surface area contributed by atoms with Crippen molar-refractivity contribution < 1.29 is 0 Å². The maximum atomic E-state index is 3.85. The number of hydrogen-bond acceptors (Lipinski definition) is 2. The first kappa shape index (κ1) is 17.0. The third-order valence-corrected chi connectivity index (χ3v) is 4.59. The minimum atomic E-state index is 0.464. The lowest BCUT2D eigenvalue weighted by Crippen LogP contribution is -2.37. The van der Waals surface area contributed by atoms with E-state index in [4.69, 9.17) is 0 Å². The zero-order chi connectivity index (χ0) is 14.1. The van der Waals surface area contributed by atoms with Crippen LogP contribution in [0.3, 0.4) is 0 Å². The zero-order valence-electron chi connectivity index (χ0n) is 13.8.